The molecule has 1 heterocycles. The highest BCUT2D eigenvalue weighted by atomic mass is 32.1. The molecule has 1 aromatic carbocycles. The largest absolute Gasteiger partial charge is 0.375 e. The molecule has 1 amide bonds. The lowest BCUT2D eigenvalue weighted by Gasteiger charge is -2.36. The van der Waals surface area contributed by atoms with Gasteiger partial charge in [-0.25, -0.2) is 4.98 Å². The van der Waals surface area contributed by atoms with Crippen LogP contribution in [0, 0.1) is 0 Å². The molecule has 0 radical (unpaired) electrons. The second-order valence-corrected chi connectivity index (χ2v) is 5.75. The summed E-state index contributed by atoms with van der Waals surface area (Å²) >= 11 is 1.48. The van der Waals surface area contributed by atoms with Gasteiger partial charge in [0.2, 0.25) is 6.41 Å². The molecule has 1 aliphatic carbocycles. The van der Waals surface area contributed by atoms with Crippen LogP contribution in [0.5, 0.6) is 0 Å². The Labute approximate surface area is 115 Å². The zero-order chi connectivity index (χ0) is 13.3. The van der Waals surface area contributed by atoms with Crippen molar-refractivity contribution in [1.82, 2.24) is 10.3 Å². The summed E-state index contributed by atoms with van der Waals surface area (Å²) in [6.45, 7) is 0. The Balaban J connectivity index is 2.19. The number of nitrogens with zero attached hydrogens (tertiary/aromatic N) is 1. The van der Waals surface area contributed by atoms with E-state index in [0.29, 0.717) is 5.13 Å². The van der Waals surface area contributed by atoms with Gasteiger partial charge in [0.05, 0.1) is 10.6 Å². The number of anilines is 1. The number of benzene rings is 1. The number of nitrogens with two attached hydrogens (primary N) is 1. The third kappa shape index (κ3) is 1.90. The molecule has 0 aliphatic heterocycles. The van der Waals surface area contributed by atoms with Crippen LogP contribution in [-0.4, -0.2) is 11.4 Å². The molecule has 1 atom stereocenters. The minimum atomic E-state index is -0.466. The molecule has 4 nitrogen and oxygen atoms in total. The molecule has 98 valence electrons. The van der Waals surface area contributed by atoms with Gasteiger partial charge < -0.3 is 11.1 Å². The number of nitrogens with one attached hydrogen (secondary N) is 1. The number of thiazole rings is 1. The summed E-state index contributed by atoms with van der Waals surface area (Å²) in [5, 5.41) is 3.59. The molecule has 19 heavy (non-hydrogen) atoms. The van der Waals surface area contributed by atoms with E-state index in [9.17, 15) is 4.79 Å². The number of aromatic nitrogens is 1. The van der Waals surface area contributed by atoms with Crippen LogP contribution < -0.4 is 11.1 Å². The van der Waals surface area contributed by atoms with Gasteiger partial charge in [-0.2, -0.15) is 0 Å². The smallest absolute Gasteiger partial charge is 0.208 e. The molecule has 0 spiro atoms. The predicted octanol–water partition coefficient (Wildman–Crippen LogP) is 2.05. The van der Waals surface area contributed by atoms with Gasteiger partial charge >= 0.3 is 0 Å². The molecule has 3 N–H and O–H groups in total. The average molecular weight is 273 g/mol. The quantitative estimate of drug-likeness (QED) is 0.841. The van der Waals surface area contributed by atoms with Crippen molar-refractivity contribution in [3.05, 3.63) is 46.5 Å². The molecule has 1 aromatic heterocycles. The Bertz CT molecular complexity index is 596. The van der Waals surface area contributed by atoms with Gasteiger partial charge in [-0.1, -0.05) is 41.7 Å². The summed E-state index contributed by atoms with van der Waals surface area (Å²) in [7, 11) is 0. The van der Waals surface area contributed by atoms with Crippen molar-refractivity contribution >= 4 is 22.9 Å². The maximum Gasteiger partial charge on any atom is 0.208 e. The topological polar surface area (TPSA) is 68.0 Å². The van der Waals surface area contributed by atoms with E-state index in [-0.39, 0.29) is 0 Å². The standard InChI is InChI=1S/C14H15N3OS/c15-13-17-11-7-4-8-14(16-9-18,12(11)19-13)10-5-2-1-3-6-10/h1-3,5-6,9H,4,7-8H2,(H2,15,17)(H,16,18). The Morgan fingerprint density at radius 2 is 2.16 bits per heavy atom. The first kappa shape index (κ1) is 12.2. The van der Waals surface area contributed by atoms with Gasteiger partial charge in [0.15, 0.2) is 5.13 Å². The highest BCUT2D eigenvalue weighted by Gasteiger charge is 2.40. The van der Waals surface area contributed by atoms with Crippen molar-refractivity contribution in [2.45, 2.75) is 24.8 Å². The molecular weight excluding hydrogens is 258 g/mol. The van der Waals surface area contributed by atoms with E-state index >= 15 is 0 Å². The minimum Gasteiger partial charge on any atom is -0.375 e. The highest BCUT2D eigenvalue weighted by Crippen LogP contribution is 2.43. The van der Waals surface area contributed by atoms with E-state index < -0.39 is 5.54 Å². The van der Waals surface area contributed by atoms with Crippen molar-refractivity contribution in [3.63, 3.8) is 0 Å². The third-order valence-corrected chi connectivity index (χ3v) is 4.73. The fourth-order valence-electron chi connectivity index (χ4n) is 2.83. The fraction of sp³-hybridized carbons (Fsp3) is 0.286. The Kier molecular flexibility index (Phi) is 2.98. The van der Waals surface area contributed by atoms with Crippen molar-refractivity contribution < 1.29 is 4.79 Å². The minimum absolute atomic E-state index is 0.466. The second-order valence-electron chi connectivity index (χ2n) is 4.72. The predicted molar refractivity (Wildman–Crippen MR) is 75.9 cm³/mol. The summed E-state index contributed by atoms with van der Waals surface area (Å²) in [5.74, 6) is 0. The lowest BCUT2D eigenvalue weighted by Crippen LogP contribution is -2.44. The van der Waals surface area contributed by atoms with Gasteiger partial charge in [0.1, 0.15) is 5.54 Å². The molecule has 0 saturated carbocycles. The number of nitrogen functional groups attached to an aromatic ring is 1. The van der Waals surface area contributed by atoms with E-state index in [2.05, 4.69) is 10.3 Å². The van der Waals surface area contributed by atoms with Crippen LogP contribution in [0.1, 0.15) is 29.0 Å². The lowest BCUT2D eigenvalue weighted by molar-refractivity contribution is -0.111. The number of carbonyl (C=O) groups excluding carboxylic acids is 1. The summed E-state index contributed by atoms with van der Waals surface area (Å²) in [6.07, 6.45) is 3.58. The first-order valence-electron chi connectivity index (χ1n) is 6.29. The number of fused-ring (bicyclic) bond motifs is 1. The number of amides is 1. The summed E-state index contributed by atoms with van der Waals surface area (Å²) in [5.41, 5.74) is 7.49. The molecule has 2 aromatic rings. The lowest BCUT2D eigenvalue weighted by atomic mass is 9.78. The first-order chi connectivity index (χ1) is 9.26. The number of hydrogen-bond donors (Lipinski definition) is 2. The van der Waals surface area contributed by atoms with Crippen LogP contribution in [0.25, 0.3) is 0 Å². The van der Waals surface area contributed by atoms with Crippen LogP contribution in [-0.2, 0) is 16.8 Å². The Morgan fingerprint density at radius 1 is 1.37 bits per heavy atom. The normalized spacial score (nSPS) is 21.7. The third-order valence-electron chi connectivity index (χ3n) is 3.64. The first-order valence-corrected chi connectivity index (χ1v) is 7.10. The molecule has 0 bridgehead atoms. The number of aryl methyl sites for hydroxylation is 1. The molecule has 0 fully saturated rings. The van der Waals surface area contributed by atoms with Crippen LogP contribution in [0.4, 0.5) is 5.13 Å². The van der Waals surface area contributed by atoms with Crippen molar-refractivity contribution in [2.24, 2.45) is 0 Å². The van der Waals surface area contributed by atoms with Gasteiger partial charge in [-0.15, -0.1) is 0 Å². The maximum atomic E-state index is 11.1. The highest BCUT2D eigenvalue weighted by molar-refractivity contribution is 7.15. The van der Waals surface area contributed by atoms with Crippen LogP contribution in [0.2, 0.25) is 0 Å². The van der Waals surface area contributed by atoms with Crippen molar-refractivity contribution in [1.29, 1.82) is 0 Å². The van der Waals surface area contributed by atoms with Gasteiger partial charge in [0, 0.05) is 0 Å². The van der Waals surface area contributed by atoms with Gasteiger partial charge in [0.25, 0.3) is 0 Å². The van der Waals surface area contributed by atoms with E-state index in [1.165, 1.54) is 11.3 Å². The number of rotatable bonds is 3. The molecule has 3 rings (SSSR count). The number of carbonyl (C=O) groups is 1. The number of hydrogen-bond acceptors (Lipinski definition) is 4. The Morgan fingerprint density at radius 3 is 2.89 bits per heavy atom. The monoisotopic (exact) mass is 273 g/mol. The van der Waals surface area contributed by atoms with Crippen molar-refractivity contribution in [3.8, 4) is 0 Å². The second kappa shape index (κ2) is 4.66. The van der Waals surface area contributed by atoms with Gasteiger partial charge in [-0.3, -0.25) is 4.79 Å². The zero-order valence-electron chi connectivity index (χ0n) is 10.4. The molecular formula is C14H15N3OS. The fourth-order valence-corrected chi connectivity index (χ4v) is 3.91. The average Bonchev–Trinajstić information content (AvgIpc) is 2.82. The molecule has 1 unspecified atom stereocenters. The maximum absolute atomic E-state index is 11.1. The van der Waals surface area contributed by atoms with E-state index in [0.717, 1.165) is 41.8 Å². The van der Waals surface area contributed by atoms with E-state index in [1.54, 1.807) is 0 Å². The van der Waals surface area contributed by atoms with Gasteiger partial charge in [-0.05, 0) is 24.8 Å². The van der Waals surface area contributed by atoms with E-state index in [1.807, 2.05) is 30.3 Å². The zero-order valence-corrected chi connectivity index (χ0v) is 11.2. The van der Waals surface area contributed by atoms with E-state index in [4.69, 9.17) is 5.73 Å². The molecule has 5 heteroatoms. The Hall–Kier alpha value is -1.88. The molecule has 0 saturated heterocycles. The SMILES string of the molecule is Nc1nc2c(s1)C(NC=O)(c1ccccc1)CCC2. The summed E-state index contributed by atoms with van der Waals surface area (Å²) < 4.78 is 0. The van der Waals surface area contributed by atoms with Crippen molar-refractivity contribution in [2.75, 3.05) is 5.73 Å². The summed E-state index contributed by atoms with van der Waals surface area (Å²) in [6, 6.07) is 10.0. The van der Waals surface area contributed by atoms with Crippen LogP contribution in [0.15, 0.2) is 30.3 Å². The van der Waals surface area contributed by atoms with Crippen LogP contribution >= 0.6 is 11.3 Å². The van der Waals surface area contributed by atoms with Crippen LogP contribution in [0.3, 0.4) is 0 Å². The molecule has 1 aliphatic rings. The summed E-state index contributed by atoms with van der Waals surface area (Å²) in [4.78, 5) is 16.6.